The summed E-state index contributed by atoms with van der Waals surface area (Å²) in [5.74, 6) is -0.255. The molecule has 10 heteroatoms. The Morgan fingerprint density at radius 2 is 2.05 bits per heavy atom. The van der Waals surface area contributed by atoms with Crippen LogP contribution in [0.4, 0.5) is 11.4 Å². The summed E-state index contributed by atoms with van der Waals surface area (Å²) in [5, 5.41) is 13.5. The number of rotatable bonds is 3. The van der Waals surface area contributed by atoms with E-state index in [1.54, 1.807) is 0 Å². The van der Waals surface area contributed by atoms with Crippen LogP contribution in [-0.2, 0) is 14.8 Å². The molecule has 1 aromatic carbocycles. The second kappa shape index (κ2) is 5.66. The first-order valence-electron chi connectivity index (χ1n) is 6.13. The van der Waals surface area contributed by atoms with Gasteiger partial charge in [0, 0.05) is 37.8 Å². The Hall–Kier alpha value is -2.20. The van der Waals surface area contributed by atoms with Crippen molar-refractivity contribution in [3.05, 3.63) is 28.3 Å². The quantitative estimate of drug-likeness (QED) is 0.446. The standard InChI is InChI=1S/C11H14N4O5S/c12-8-1-2-9(15(17)18)10(7-8)21(19,20)14-5-3-11(16)13-4-6-14/h1-2,7H,3-6,12H2,(H,13,16). The van der Waals surface area contributed by atoms with Crippen molar-refractivity contribution in [2.75, 3.05) is 25.4 Å². The Bertz CT molecular complexity index is 688. The van der Waals surface area contributed by atoms with Crippen molar-refractivity contribution in [1.29, 1.82) is 0 Å². The fraction of sp³-hybridized carbons (Fsp3) is 0.364. The first-order valence-corrected chi connectivity index (χ1v) is 7.57. The molecular formula is C11H14N4O5S. The van der Waals surface area contributed by atoms with E-state index >= 15 is 0 Å². The molecule has 0 radical (unpaired) electrons. The number of nitrogen functional groups attached to an aromatic ring is 1. The van der Waals surface area contributed by atoms with Crippen LogP contribution in [0.5, 0.6) is 0 Å². The minimum Gasteiger partial charge on any atom is -0.399 e. The predicted octanol–water partition coefficient (Wildman–Crippen LogP) is -0.312. The van der Waals surface area contributed by atoms with E-state index in [1.165, 1.54) is 6.07 Å². The van der Waals surface area contributed by atoms with E-state index in [0.29, 0.717) is 0 Å². The van der Waals surface area contributed by atoms with Gasteiger partial charge in [-0.3, -0.25) is 14.9 Å². The van der Waals surface area contributed by atoms with Crippen LogP contribution in [0, 0.1) is 10.1 Å². The molecule has 0 aromatic heterocycles. The highest BCUT2D eigenvalue weighted by atomic mass is 32.2. The third-order valence-electron chi connectivity index (χ3n) is 3.07. The number of amides is 1. The number of anilines is 1. The molecule has 1 aliphatic rings. The van der Waals surface area contributed by atoms with Gasteiger partial charge in [0.2, 0.25) is 15.9 Å². The number of hydrogen-bond donors (Lipinski definition) is 2. The lowest BCUT2D eigenvalue weighted by Crippen LogP contribution is -2.34. The molecule has 0 bridgehead atoms. The maximum Gasteiger partial charge on any atom is 0.289 e. The number of nitro benzene ring substituents is 1. The van der Waals surface area contributed by atoms with Gasteiger partial charge in [-0.25, -0.2) is 8.42 Å². The number of carbonyl (C=O) groups is 1. The van der Waals surface area contributed by atoms with Crippen molar-refractivity contribution in [3.63, 3.8) is 0 Å². The largest absolute Gasteiger partial charge is 0.399 e. The minimum absolute atomic E-state index is 0.00927. The molecule has 21 heavy (non-hydrogen) atoms. The molecule has 0 saturated carbocycles. The maximum absolute atomic E-state index is 12.6. The number of sulfonamides is 1. The Morgan fingerprint density at radius 3 is 2.71 bits per heavy atom. The van der Waals surface area contributed by atoms with Gasteiger partial charge in [-0.15, -0.1) is 0 Å². The van der Waals surface area contributed by atoms with Crippen LogP contribution in [0.15, 0.2) is 23.1 Å². The summed E-state index contributed by atoms with van der Waals surface area (Å²) >= 11 is 0. The summed E-state index contributed by atoms with van der Waals surface area (Å²) in [6, 6.07) is 3.39. The lowest BCUT2D eigenvalue weighted by molar-refractivity contribution is -0.387. The van der Waals surface area contributed by atoms with Crippen LogP contribution < -0.4 is 11.1 Å². The summed E-state index contributed by atoms with van der Waals surface area (Å²) < 4.78 is 26.2. The van der Waals surface area contributed by atoms with E-state index in [0.717, 1.165) is 16.4 Å². The van der Waals surface area contributed by atoms with Crippen molar-refractivity contribution in [1.82, 2.24) is 9.62 Å². The zero-order chi connectivity index (χ0) is 15.6. The number of nitrogens with two attached hydrogens (primary N) is 1. The Balaban J connectivity index is 2.46. The number of nitrogens with zero attached hydrogens (tertiary/aromatic N) is 2. The molecule has 114 valence electrons. The Morgan fingerprint density at radius 1 is 1.33 bits per heavy atom. The van der Waals surface area contributed by atoms with Gasteiger partial charge >= 0.3 is 0 Å². The summed E-state index contributed by atoms with van der Waals surface area (Å²) in [4.78, 5) is 21.0. The minimum atomic E-state index is -4.09. The molecule has 1 aliphatic heterocycles. The molecule has 0 spiro atoms. The molecule has 1 aromatic rings. The molecule has 1 fully saturated rings. The van der Waals surface area contributed by atoms with Crippen LogP contribution >= 0.6 is 0 Å². The Labute approximate surface area is 120 Å². The first kappa shape index (κ1) is 15.2. The highest BCUT2D eigenvalue weighted by Gasteiger charge is 2.32. The molecule has 0 aliphatic carbocycles. The van der Waals surface area contributed by atoms with Gasteiger partial charge < -0.3 is 11.1 Å². The SMILES string of the molecule is Nc1ccc([N+](=O)[O-])c(S(=O)(=O)N2CCNC(=O)CC2)c1. The third kappa shape index (κ3) is 3.11. The van der Waals surface area contributed by atoms with E-state index < -0.39 is 25.5 Å². The van der Waals surface area contributed by atoms with Crippen LogP contribution in [0.25, 0.3) is 0 Å². The lowest BCUT2D eigenvalue weighted by atomic mass is 10.3. The van der Waals surface area contributed by atoms with Gasteiger partial charge in [-0.05, 0) is 12.1 Å². The average molecular weight is 314 g/mol. The highest BCUT2D eigenvalue weighted by Crippen LogP contribution is 2.28. The number of nitro groups is 1. The summed E-state index contributed by atoms with van der Waals surface area (Å²) in [6.45, 7) is 0.189. The topological polar surface area (TPSA) is 136 Å². The zero-order valence-electron chi connectivity index (χ0n) is 11.0. The number of nitrogens with one attached hydrogen (secondary N) is 1. The van der Waals surface area contributed by atoms with Crippen LogP contribution in [-0.4, -0.2) is 43.2 Å². The fourth-order valence-electron chi connectivity index (χ4n) is 2.01. The molecule has 0 unspecified atom stereocenters. The van der Waals surface area contributed by atoms with Crippen molar-refractivity contribution >= 4 is 27.3 Å². The fourth-order valence-corrected chi connectivity index (χ4v) is 3.65. The van der Waals surface area contributed by atoms with Gasteiger partial charge in [-0.2, -0.15) is 4.31 Å². The van der Waals surface area contributed by atoms with Crippen molar-refractivity contribution in [2.45, 2.75) is 11.3 Å². The molecule has 9 nitrogen and oxygen atoms in total. The predicted molar refractivity (Wildman–Crippen MR) is 73.9 cm³/mol. The lowest BCUT2D eigenvalue weighted by Gasteiger charge is -2.19. The van der Waals surface area contributed by atoms with Gasteiger partial charge in [0.1, 0.15) is 0 Å². The summed E-state index contributed by atoms with van der Waals surface area (Å²) in [5.41, 5.74) is 5.11. The second-order valence-corrected chi connectivity index (χ2v) is 6.39. The average Bonchev–Trinajstić information content (AvgIpc) is 2.63. The van der Waals surface area contributed by atoms with E-state index in [1.807, 2.05) is 0 Å². The Kier molecular flexibility index (Phi) is 4.09. The summed E-state index contributed by atoms with van der Waals surface area (Å²) in [6.07, 6.45) is 0.00927. The van der Waals surface area contributed by atoms with Crippen LogP contribution in [0.3, 0.4) is 0 Å². The molecule has 1 saturated heterocycles. The maximum atomic E-state index is 12.6. The number of carbonyl (C=O) groups excluding carboxylic acids is 1. The normalized spacial score (nSPS) is 17.0. The van der Waals surface area contributed by atoms with Crippen molar-refractivity contribution < 1.29 is 18.1 Å². The van der Waals surface area contributed by atoms with Crippen molar-refractivity contribution in [3.8, 4) is 0 Å². The molecule has 0 atom stereocenters. The third-order valence-corrected chi connectivity index (χ3v) is 5.00. The van der Waals surface area contributed by atoms with Crippen LogP contribution in [0.2, 0.25) is 0 Å². The molecule has 1 heterocycles. The van der Waals surface area contributed by atoms with Gasteiger partial charge in [0.05, 0.1) is 4.92 Å². The zero-order valence-corrected chi connectivity index (χ0v) is 11.8. The molecule has 3 N–H and O–H groups in total. The van der Waals surface area contributed by atoms with Gasteiger partial charge in [0.25, 0.3) is 5.69 Å². The molecule has 2 rings (SSSR count). The first-order chi connectivity index (χ1) is 9.82. The van der Waals surface area contributed by atoms with Crippen LogP contribution in [0.1, 0.15) is 6.42 Å². The van der Waals surface area contributed by atoms with E-state index in [-0.39, 0.29) is 37.6 Å². The van der Waals surface area contributed by atoms with E-state index in [9.17, 15) is 23.3 Å². The van der Waals surface area contributed by atoms with E-state index in [2.05, 4.69) is 5.32 Å². The van der Waals surface area contributed by atoms with Gasteiger partial charge in [-0.1, -0.05) is 0 Å². The molecular weight excluding hydrogens is 300 g/mol. The highest BCUT2D eigenvalue weighted by molar-refractivity contribution is 7.89. The number of hydrogen-bond acceptors (Lipinski definition) is 6. The monoisotopic (exact) mass is 314 g/mol. The van der Waals surface area contributed by atoms with Gasteiger partial charge in [0.15, 0.2) is 4.90 Å². The number of benzene rings is 1. The van der Waals surface area contributed by atoms with Crippen molar-refractivity contribution in [2.24, 2.45) is 0 Å². The second-order valence-electron chi connectivity index (χ2n) is 4.49. The molecule has 1 amide bonds. The smallest absolute Gasteiger partial charge is 0.289 e. The van der Waals surface area contributed by atoms with E-state index in [4.69, 9.17) is 5.73 Å². The summed E-state index contributed by atoms with van der Waals surface area (Å²) in [7, 11) is -4.09.